The number of carbonyl (C=O) groups excluding carboxylic acids is 1. The van der Waals surface area contributed by atoms with E-state index in [0.29, 0.717) is 34.5 Å². The summed E-state index contributed by atoms with van der Waals surface area (Å²) in [5.74, 6) is 1.26. The van der Waals surface area contributed by atoms with Gasteiger partial charge in [-0.1, -0.05) is 35.4 Å². The number of nitrogens with one attached hydrogen (secondary N) is 1. The van der Waals surface area contributed by atoms with Crippen molar-refractivity contribution < 1.29 is 4.79 Å². The third-order valence-corrected chi connectivity index (χ3v) is 6.28. The van der Waals surface area contributed by atoms with E-state index in [1.165, 1.54) is 4.80 Å². The average Bonchev–Trinajstić information content (AvgIpc) is 3.56. The van der Waals surface area contributed by atoms with E-state index in [1.54, 1.807) is 12.4 Å². The molecular weight excluding hydrogens is 426 g/mol. The first-order valence-corrected chi connectivity index (χ1v) is 10.9. The lowest BCUT2D eigenvalue weighted by Crippen LogP contribution is -2.32. The summed E-state index contributed by atoms with van der Waals surface area (Å²) in [6.45, 7) is 4.57. The molecule has 32 heavy (non-hydrogen) atoms. The number of H-pyrrole nitrogens is 1. The molecule has 0 saturated carbocycles. The van der Waals surface area contributed by atoms with Gasteiger partial charge in [0.15, 0.2) is 11.6 Å². The summed E-state index contributed by atoms with van der Waals surface area (Å²) in [6.07, 6.45) is 4.90. The highest BCUT2D eigenvalue weighted by atomic mass is 35.5. The first-order chi connectivity index (χ1) is 15.5. The Morgan fingerprint density at radius 3 is 2.75 bits per heavy atom. The lowest BCUT2D eigenvalue weighted by Gasteiger charge is -2.24. The number of nitrogens with zero attached hydrogens (tertiary/aromatic N) is 6. The number of aromatic nitrogens is 6. The van der Waals surface area contributed by atoms with Gasteiger partial charge in [-0.25, -0.2) is 0 Å². The number of rotatable bonds is 4. The van der Waals surface area contributed by atoms with Crippen molar-refractivity contribution in [3.63, 3.8) is 0 Å². The molecule has 3 heterocycles. The molecule has 5 rings (SSSR count). The largest absolute Gasteiger partial charge is 0.328 e. The normalized spacial score (nSPS) is 16.0. The molecule has 0 bridgehead atoms. The minimum atomic E-state index is -0.179. The molecule has 0 spiro atoms. The highest BCUT2D eigenvalue weighted by molar-refractivity contribution is 6.31. The van der Waals surface area contributed by atoms with Crippen LogP contribution in [0.1, 0.15) is 46.2 Å². The van der Waals surface area contributed by atoms with Crippen LogP contribution < -0.4 is 0 Å². The molecule has 162 valence electrons. The topological polar surface area (TPSA) is 92.6 Å². The molecule has 1 unspecified atom stereocenters. The smallest absolute Gasteiger partial charge is 0.256 e. The van der Waals surface area contributed by atoms with Crippen LogP contribution in [-0.4, -0.2) is 47.5 Å². The Kier molecular flexibility index (Phi) is 5.22. The molecule has 9 heteroatoms. The predicted molar refractivity (Wildman–Crippen MR) is 121 cm³/mol. The lowest BCUT2D eigenvalue weighted by atomic mass is 10.1. The zero-order valence-corrected chi connectivity index (χ0v) is 18.5. The van der Waals surface area contributed by atoms with Gasteiger partial charge in [0.1, 0.15) is 0 Å². The second-order valence-electron chi connectivity index (χ2n) is 7.97. The van der Waals surface area contributed by atoms with E-state index in [9.17, 15) is 4.79 Å². The average molecular weight is 448 g/mol. The summed E-state index contributed by atoms with van der Waals surface area (Å²) in [7, 11) is 0. The van der Waals surface area contributed by atoms with Crippen LogP contribution in [-0.2, 0) is 0 Å². The highest BCUT2D eigenvalue weighted by Crippen LogP contribution is 2.34. The van der Waals surface area contributed by atoms with Crippen LogP contribution >= 0.6 is 11.6 Å². The first-order valence-electron chi connectivity index (χ1n) is 10.5. The van der Waals surface area contributed by atoms with E-state index < -0.39 is 0 Å². The van der Waals surface area contributed by atoms with E-state index in [4.69, 9.17) is 11.6 Å². The third-order valence-electron chi connectivity index (χ3n) is 5.87. The summed E-state index contributed by atoms with van der Waals surface area (Å²) in [5.41, 5.74) is 4.06. The minimum Gasteiger partial charge on any atom is -0.328 e. The first kappa shape index (κ1) is 20.4. The maximum absolute atomic E-state index is 13.7. The SMILES string of the molecule is Cc1ccc(-n2nccn2)c(C(=O)N2CCCC2c2nnc(-c3cccc(Cl)c3C)[nH]2)c1. The molecule has 0 radical (unpaired) electrons. The molecule has 1 atom stereocenters. The molecule has 0 aliphatic carbocycles. The number of benzene rings is 2. The Balaban J connectivity index is 1.48. The van der Waals surface area contributed by atoms with Gasteiger partial charge in [0, 0.05) is 17.1 Å². The minimum absolute atomic E-state index is 0.0691. The van der Waals surface area contributed by atoms with Crippen molar-refractivity contribution in [3.05, 3.63) is 76.3 Å². The highest BCUT2D eigenvalue weighted by Gasteiger charge is 2.34. The number of aryl methyl sites for hydroxylation is 1. The molecular formula is C23H22ClN7O. The summed E-state index contributed by atoms with van der Waals surface area (Å²) in [6, 6.07) is 11.2. The quantitative estimate of drug-likeness (QED) is 0.503. The molecule has 2 aromatic carbocycles. The molecule has 8 nitrogen and oxygen atoms in total. The van der Waals surface area contributed by atoms with Crippen molar-refractivity contribution in [3.8, 4) is 17.1 Å². The van der Waals surface area contributed by atoms with Crippen molar-refractivity contribution in [2.75, 3.05) is 6.54 Å². The fourth-order valence-corrected chi connectivity index (χ4v) is 4.37. The third kappa shape index (κ3) is 3.56. The monoisotopic (exact) mass is 447 g/mol. The van der Waals surface area contributed by atoms with Crippen molar-refractivity contribution >= 4 is 17.5 Å². The van der Waals surface area contributed by atoms with Crippen molar-refractivity contribution in [2.45, 2.75) is 32.7 Å². The Bertz CT molecular complexity index is 1280. The predicted octanol–water partition coefficient (Wildman–Crippen LogP) is 4.30. The molecule has 1 saturated heterocycles. The van der Waals surface area contributed by atoms with Crippen LogP contribution in [0.15, 0.2) is 48.8 Å². The molecule has 1 N–H and O–H groups in total. The fourth-order valence-electron chi connectivity index (χ4n) is 4.19. The molecule has 1 aliphatic heterocycles. The van der Waals surface area contributed by atoms with Gasteiger partial charge in [-0.2, -0.15) is 15.0 Å². The maximum Gasteiger partial charge on any atom is 0.256 e. The van der Waals surface area contributed by atoms with Gasteiger partial charge in [-0.3, -0.25) is 4.79 Å². The van der Waals surface area contributed by atoms with Crippen LogP contribution in [0.4, 0.5) is 0 Å². The number of carbonyl (C=O) groups is 1. The van der Waals surface area contributed by atoms with E-state index in [-0.39, 0.29) is 11.9 Å². The van der Waals surface area contributed by atoms with Gasteiger partial charge in [0.2, 0.25) is 0 Å². The molecule has 1 aliphatic rings. The molecule has 4 aromatic rings. The number of hydrogen-bond donors (Lipinski definition) is 1. The van der Waals surface area contributed by atoms with Gasteiger partial charge >= 0.3 is 0 Å². The van der Waals surface area contributed by atoms with Crippen LogP contribution in [0, 0.1) is 13.8 Å². The molecule has 1 amide bonds. The number of halogens is 1. The van der Waals surface area contributed by atoms with Crippen molar-refractivity contribution in [1.82, 2.24) is 35.1 Å². The van der Waals surface area contributed by atoms with Crippen LogP contribution in [0.25, 0.3) is 17.1 Å². The van der Waals surface area contributed by atoms with Gasteiger partial charge in [0.25, 0.3) is 5.91 Å². The zero-order valence-electron chi connectivity index (χ0n) is 17.8. The summed E-state index contributed by atoms with van der Waals surface area (Å²) >= 11 is 6.27. The summed E-state index contributed by atoms with van der Waals surface area (Å²) < 4.78 is 0. The van der Waals surface area contributed by atoms with E-state index in [2.05, 4.69) is 25.4 Å². The van der Waals surface area contributed by atoms with Crippen LogP contribution in [0.3, 0.4) is 0 Å². The Labute approximate surface area is 190 Å². The number of likely N-dealkylation sites (tertiary alicyclic amines) is 1. The standard InChI is InChI=1S/C23H22ClN7O/c1-14-8-9-19(31-25-10-11-26-31)17(13-14)23(32)30-12-4-7-20(30)22-27-21(28-29-22)16-5-3-6-18(24)15(16)2/h3,5-6,8-11,13,20H,4,7,12H2,1-2H3,(H,27,28,29). The Morgan fingerprint density at radius 1 is 1.12 bits per heavy atom. The number of amides is 1. The van der Waals surface area contributed by atoms with E-state index >= 15 is 0 Å². The van der Waals surface area contributed by atoms with Gasteiger partial charge < -0.3 is 9.88 Å². The number of hydrogen-bond acceptors (Lipinski definition) is 5. The lowest BCUT2D eigenvalue weighted by molar-refractivity contribution is 0.0729. The molecule has 2 aromatic heterocycles. The van der Waals surface area contributed by atoms with Gasteiger partial charge in [-0.05, 0) is 50.5 Å². The number of aromatic amines is 1. The van der Waals surface area contributed by atoms with E-state index in [1.807, 2.05) is 55.1 Å². The second-order valence-corrected chi connectivity index (χ2v) is 8.37. The Morgan fingerprint density at radius 2 is 1.94 bits per heavy atom. The van der Waals surface area contributed by atoms with E-state index in [0.717, 1.165) is 29.5 Å². The Hall–Kier alpha value is -3.52. The van der Waals surface area contributed by atoms with Gasteiger partial charge in [-0.15, -0.1) is 10.2 Å². The second kappa shape index (κ2) is 8.20. The summed E-state index contributed by atoms with van der Waals surface area (Å²) in [5, 5.41) is 17.8. The van der Waals surface area contributed by atoms with Crippen molar-refractivity contribution in [2.24, 2.45) is 0 Å². The van der Waals surface area contributed by atoms with Crippen LogP contribution in [0.5, 0.6) is 0 Å². The summed E-state index contributed by atoms with van der Waals surface area (Å²) in [4.78, 5) is 20.3. The van der Waals surface area contributed by atoms with Crippen LogP contribution in [0.2, 0.25) is 5.02 Å². The van der Waals surface area contributed by atoms with Gasteiger partial charge in [0.05, 0.1) is 29.7 Å². The fraction of sp³-hybridized carbons (Fsp3) is 0.261. The zero-order chi connectivity index (χ0) is 22.2. The maximum atomic E-state index is 13.7. The van der Waals surface area contributed by atoms with Crippen molar-refractivity contribution in [1.29, 1.82) is 0 Å². The molecule has 1 fully saturated rings.